The van der Waals surface area contributed by atoms with Gasteiger partial charge in [-0.3, -0.25) is 4.79 Å². The minimum Gasteiger partial charge on any atom is -0.376 e. The number of fused-ring (bicyclic) bond motifs is 1. The number of aryl methyl sites for hydroxylation is 2. The highest BCUT2D eigenvalue weighted by Crippen LogP contribution is 2.35. The molecule has 2 aliphatic rings. The third kappa shape index (κ3) is 5.25. The van der Waals surface area contributed by atoms with Crippen molar-refractivity contribution in [3.05, 3.63) is 63.3 Å². The van der Waals surface area contributed by atoms with Gasteiger partial charge in [0.1, 0.15) is 34.7 Å². The number of halogens is 1. The summed E-state index contributed by atoms with van der Waals surface area (Å²) in [5, 5.41) is 19.4. The Kier molecular flexibility index (Phi) is 8.02. The molecule has 0 spiro atoms. The van der Waals surface area contributed by atoms with Gasteiger partial charge in [-0.05, 0) is 68.5 Å². The molecule has 1 saturated carbocycles. The Bertz CT molecular complexity index is 1540. The van der Waals surface area contributed by atoms with Crippen LogP contribution in [0.5, 0.6) is 0 Å². The highest BCUT2D eigenvalue weighted by molar-refractivity contribution is 5.92. The van der Waals surface area contributed by atoms with Crippen molar-refractivity contribution >= 4 is 22.4 Å². The molecular weight excluding hydrogens is 511 g/mol. The zero-order valence-electron chi connectivity index (χ0n) is 23.1. The zero-order valence-corrected chi connectivity index (χ0v) is 23.1. The summed E-state index contributed by atoms with van der Waals surface area (Å²) in [5.74, 6) is -0.258. The number of hydrogen-bond donors (Lipinski definition) is 0. The molecule has 3 aromatic rings. The number of rotatable bonds is 6. The molecule has 0 bridgehead atoms. The highest BCUT2D eigenvalue weighted by atomic mass is 19.1. The Labute approximate surface area is 233 Å². The smallest absolute Gasteiger partial charge is 0.270 e. The van der Waals surface area contributed by atoms with Crippen molar-refractivity contribution in [1.29, 1.82) is 10.5 Å². The molecular formula is C30H33FN6O3. The average Bonchev–Trinajstić information content (AvgIpc) is 2.98. The van der Waals surface area contributed by atoms with Crippen LogP contribution >= 0.6 is 0 Å². The number of hydrogen-bond acceptors (Lipinski definition) is 8. The van der Waals surface area contributed by atoms with Gasteiger partial charge in [0.15, 0.2) is 0 Å². The summed E-state index contributed by atoms with van der Waals surface area (Å²) in [6.07, 6.45) is 3.30. The number of pyridine rings is 2. The predicted octanol–water partition coefficient (Wildman–Crippen LogP) is 3.79. The Morgan fingerprint density at radius 1 is 1.10 bits per heavy atom. The molecule has 1 aromatic carbocycles. The Morgan fingerprint density at radius 2 is 1.85 bits per heavy atom. The normalized spacial score (nSPS) is 21.0. The van der Waals surface area contributed by atoms with Crippen LogP contribution in [0, 0.1) is 35.4 Å². The van der Waals surface area contributed by atoms with E-state index in [0.717, 1.165) is 36.9 Å². The molecule has 2 aromatic heterocycles. The molecule has 2 fully saturated rings. The van der Waals surface area contributed by atoms with Crippen LogP contribution in [0.4, 0.5) is 15.8 Å². The molecule has 1 aliphatic heterocycles. The van der Waals surface area contributed by atoms with E-state index in [9.17, 15) is 19.7 Å². The predicted molar refractivity (Wildman–Crippen MR) is 150 cm³/mol. The van der Waals surface area contributed by atoms with Crippen molar-refractivity contribution in [2.45, 2.75) is 50.8 Å². The quantitative estimate of drug-likeness (QED) is 0.461. The van der Waals surface area contributed by atoms with Gasteiger partial charge in [-0.25, -0.2) is 9.37 Å². The van der Waals surface area contributed by atoms with Crippen molar-refractivity contribution in [3.8, 4) is 12.1 Å². The number of nitriles is 2. The molecule has 9 nitrogen and oxygen atoms in total. The molecule has 0 radical (unpaired) electrons. The van der Waals surface area contributed by atoms with Crippen molar-refractivity contribution < 1.29 is 13.9 Å². The number of ether oxygens (including phenoxy) is 2. The van der Waals surface area contributed by atoms with Crippen molar-refractivity contribution in [1.82, 2.24) is 9.55 Å². The number of benzene rings is 1. The Balaban J connectivity index is 1.43. The monoisotopic (exact) mass is 544 g/mol. The third-order valence-electron chi connectivity index (χ3n) is 8.20. The Hall–Kier alpha value is -3.99. The topological polar surface area (TPSA) is 107 Å². The van der Waals surface area contributed by atoms with Gasteiger partial charge in [-0.2, -0.15) is 10.5 Å². The third-order valence-corrected chi connectivity index (χ3v) is 8.20. The summed E-state index contributed by atoms with van der Waals surface area (Å²) in [6.45, 7) is 4.26. The molecule has 5 rings (SSSR count). The van der Waals surface area contributed by atoms with E-state index in [-0.39, 0.29) is 40.8 Å². The molecule has 208 valence electrons. The first-order valence-corrected chi connectivity index (χ1v) is 13.6. The lowest BCUT2D eigenvalue weighted by molar-refractivity contribution is -0.0846. The van der Waals surface area contributed by atoms with Gasteiger partial charge >= 0.3 is 0 Å². The minimum absolute atomic E-state index is 0.0280. The van der Waals surface area contributed by atoms with Crippen LogP contribution in [-0.2, 0) is 16.5 Å². The second kappa shape index (κ2) is 11.6. The molecule has 0 N–H and O–H groups in total. The summed E-state index contributed by atoms with van der Waals surface area (Å²) in [6, 6.07) is 12.6. The molecule has 40 heavy (non-hydrogen) atoms. The lowest BCUT2D eigenvalue weighted by Crippen LogP contribution is -2.48. The van der Waals surface area contributed by atoms with Crippen LogP contribution in [0.3, 0.4) is 0 Å². The SMILES string of the molecule is Cc1cc(F)ccc1N(CC1COCCO1)[C@H]1CC[C@H](N(C)c2c(C#N)c(=O)n(C)c3ccc(C#N)nc23)CC1. The number of nitrogens with zero attached hydrogens (tertiary/aromatic N) is 6. The van der Waals surface area contributed by atoms with E-state index in [1.54, 1.807) is 25.2 Å². The summed E-state index contributed by atoms with van der Waals surface area (Å²) in [5.41, 5.74) is 3.26. The first-order chi connectivity index (χ1) is 19.3. The van der Waals surface area contributed by atoms with Crippen molar-refractivity contribution in [3.63, 3.8) is 0 Å². The van der Waals surface area contributed by atoms with E-state index < -0.39 is 0 Å². The van der Waals surface area contributed by atoms with Crippen LogP contribution in [0.1, 0.15) is 42.5 Å². The molecule has 0 amide bonds. The largest absolute Gasteiger partial charge is 0.376 e. The second-order valence-electron chi connectivity index (χ2n) is 10.6. The van der Waals surface area contributed by atoms with Gasteiger partial charge in [0, 0.05) is 38.4 Å². The molecule has 1 aliphatic carbocycles. The van der Waals surface area contributed by atoms with Crippen LogP contribution in [0.15, 0.2) is 35.1 Å². The maximum atomic E-state index is 13.9. The molecule has 10 heteroatoms. The van der Waals surface area contributed by atoms with Crippen LogP contribution in [0.2, 0.25) is 0 Å². The maximum absolute atomic E-state index is 13.9. The van der Waals surface area contributed by atoms with E-state index in [1.165, 1.54) is 10.6 Å². The van der Waals surface area contributed by atoms with Gasteiger partial charge in [-0.15, -0.1) is 0 Å². The van der Waals surface area contributed by atoms with Crippen molar-refractivity contribution in [2.24, 2.45) is 7.05 Å². The number of anilines is 2. The maximum Gasteiger partial charge on any atom is 0.270 e. The van der Waals surface area contributed by atoms with E-state index in [1.807, 2.05) is 24.9 Å². The minimum atomic E-state index is -0.385. The molecule has 1 atom stereocenters. The van der Waals surface area contributed by atoms with E-state index >= 15 is 0 Å². The second-order valence-corrected chi connectivity index (χ2v) is 10.6. The first kappa shape index (κ1) is 27.6. The molecule has 1 unspecified atom stereocenters. The highest BCUT2D eigenvalue weighted by Gasteiger charge is 2.33. The first-order valence-electron chi connectivity index (χ1n) is 13.6. The lowest BCUT2D eigenvalue weighted by atomic mass is 9.88. The number of aromatic nitrogens is 2. The average molecular weight is 545 g/mol. The fourth-order valence-electron chi connectivity index (χ4n) is 6.09. The lowest BCUT2D eigenvalue weighted by Gasteiger charge is -2.43. The van der Waals surface area contributed by atoms with Crippen LogP contribution in [0.25, 0.3) is 11.0 Å². The Morgan fingerprint density at radius 3 is 2.50 bits per heavy atom. The molecule has 1 saturated heterocycles. The van der Waals surface area contributed by atoms with Gasteiger partial charge < -0.3 is 23.8 Å². The molecule has 3 heterocycles. The summed E-state index contributed by atoms with van der Waals surface area (Å²) in [4.78, 5) is 21.9. The zero-order chi connectivity index (χ0) is 28.4. The van der Waals surface area contributed by atoms with Gasteiger partial charge in [0.2, 0.25) is 0 Å². The van der Waals surface area contributed by atoms with Crippen LogP contribution in [-0.4, -0.2) is 61.2 Å². The van der Waals surface area contributed by atoms with E-state index in [0.29, 0.717) is 43.1 Å². The fraction of sp³-hybridized carbons (Fsp3) is 0.467. The fourth-order valence-corrected chi connectivity index (χ4v) is 6.09. The van der Waals surface area contributed by atoms with E-state index in [2.05, 4.69) is 22.0 Å². The van der Waals surface area contributed by atoms with Gasteiger partial charge in [-0.1, -0.05) is 0 Å². The van der Waals surface area contributed by atoms with Gasteiger partial charge in [0.05, 0.1) is 37.1 Å². The summed E-state index contributed by atoms with van der Waals surface area (Å²) < 4.78 is 27.0. The van der Waals surface area contributed by atoms with Gasteiger partial charge in [0.25, 0.3) is 5.56 Å². The van der Waals surface area contributed by atoms with Crippen molar-refractivity contribution in [2.75, 3.05) is 43.2 Å². The standard InChI is InChI=1S/C30H33FN6O3/c1-19-14-20(31)4-10-26(19)37(17-24-18-39-12-13-40-24)23-8-6-22(7-9-23)35(2)29-25(16-33)30(38)36(3)27-11-5-21(15-32)34-28(27)29/h4-5,10-11,14,22-24H,6-9,12-13,17-18H2,1-3H3/t22-,23-,24?. The van der Waals surface area contributed by atoms with E-state index in [4.69, 9.17) is 9.47 Å². The van der Waals surface area contributed by atoms with Crippen LogP contribution < -0.4 is 15.4 Å². The summed E-state index contributed by atoms with van der Waals surface area (Å²) >= 11 is 0. The summed E-state index contributed by atoms with van der Waals surface area (Å²) in [7, 11) is 3.51.